The smallest absolute Gasteiger partial charge is 0.256 e. The Bertz CT molecular complexity index is 940. The van der Waals surface area contributed by atoms with E-state index in [1.165, 1.54) is 9.21 Å². The largest absolute Gasteiger partial charge is 0.324 e. The van der Waals surface area contributed by atoms with Gasteiger partial charge < -0.3 is 10.2 Å². The van der Waals surface area contributed by atoms with Crippen LogP contribution in [0.4, 0.5) is 5.69 Å². The fraction of sp³-hybridized carbons (Fsp3) is 0.250. The predicted octanol–water partition coefficient (Wildman–Crippen LogP) is 1.22. The number of thiophene rings is 1. The van der Waals surface area contributed by atoms with Crippen LogP contribution in [0, 0.1) is 0 Å². The summed E-state index contributed by atoms with van der Waals surface area (Å²) in [4.78, 5) is 26.8. The van der Waals surface area contributed by atoms with Crippen LogP contribution in [0.25, 0.3) is 0 Å². The lowest BCUT2D eigenvalue weighted by Gasteiger charge is -2.38. The van der Waals surface area contributed by atoms with Crippen LogP contribution in [-0.4, -0.2) is 55.1 Å². The molecule has 4 rings (SSSR count). The third-order valence-corrected chi connectivity index (χ3v) is 7.65. The number of anilines is 1. The Morgan fingerprint density at radius 1 is 1.08 bits per heavy atom. The zero-order valence-corrected chi connectivity index (χ0v) is 14.7. The molecule has 1 aromatic heterocycles. The average molecular weight is 377 g/mol. The van der Waals surface area contributed by atoms with Crippen LogP contribution in [0.5, 0.6) is 0 Å². The number of carbonyl (C=O) groups excluding carboxylic acids is 2. The highest BCUT2D eigenvalue weighted by Crippen LogP contribution is 2.28. The summed E-state index contributed by atoms with van der Waals surface area (Å²) in [5, 5.41) is 4.43. The first-order chi connectivity index (χ1) is 12.0. The number of benzene rings is 1. The van der Waals surface area contributed by atoms with Gasteiger partial charge in [-0.25, -0.2) is 8.42 Å². The van der Waals surface area contributed by atoms with Gasteiger partial charge in [0.15, 0.2) is 0 Å². The third-order valence-electron chi connectivity index (χ3n) is 4.41. The number of fused-ring (bicyclic) bond motifs is 2. The average Bonchev–Trinajstić information content (AvgIpc) is 3.13. The Labute approximate surface area is 148 Å². The summed E-state index contributed by atoms with van der Waals surface area (Å²) in [6.07, 6.45) is 0. The molecule has 0 spiro atoms. The van der Waals surface area contributed by atoms with Gasteiger partial charge in [-0.15, -0.1) is 11.3 Å². The van der Waals surface area contributed by atoms with Gasteiger partial charge in [-0.1, -0.05) is 18.2 Å². The Balaban J connectivity index is 1.66. The van der Waals surface area contributed by atoms with E-state index in [0.717, 1.165) is 11.3 Å². The van der Waals surface area contributed by atoms with Crippen molar-refractivity contribution in [2.75, 3.05) is 25.0 Å². The molecule has 2 aromatic rings. The summed E-state index contributed by atoms with van der Waals surface area (Å²) < 4.78 is 27.0. The number of para-hydroxylation sites is 1. The molecule has 2 aliphatic heterocycles. The van der Waals surface area contributed by atoms with Crippen molar-refractivity contribution in [3.05, 3.63) is 47.3 Å². The first-order valence-electron chi connectivity index (χ1n) is 7.73. The summed E-state index contributed by atoms with van der Waals surface area (Å²) in [5.41, 5.74) is 0.882. The summed E-state index contributed by atoms with van der Waals surface area (Å²) >= 11 is 1.14. The first kappa shape index (κ1) is 16.2. The van der Waals surface area contributed by atoms with Crippen molar-refractivity contribution in [3.8, 4) is 0 Å². The number of rotatable bonds is 2. The van der Waals surface area contributed by atoms with Crippen molar-refractivity contribution in [3.63, 3.8) is 0 Å². The second-order valence-electron chi connectivity index (χ2n) is 5.84. The minimum Gasteiger partial charge on any atom is -0.324 e. The quantitative estimate of drug-likeness (QED) is 0.852. The molecule has 130 valence electrons. The highest BCUT2D eigenvalue weighted by Gasteiger charge is 2.42. The van der Waals surface area contributed by atoms with Crippen molar-refractivity contribution < 1.29 is 18.0 Å². The maximum atomic E-state index is 12.8. The van der Waals surface area contributed by atoms with Gasteiger partial charge in [0.1, 0.15) is 10.3 Å². The molecule has 1 fully saturated rings. The first-order valence-corrected chi connectivity index (χ1v) is 10.0. The molecule has 1 saturated heterocycles. The summed E-state index contributed by atoms with van der Waals surface area (Å²) in [6.45, 7) is 0.291. The maximum absolute atomic E-state index is 12.8. The molecule has 0 unspecified atom stereocenters. The van der Waals surface area contributed by atoms with Crippen molar-refractivity contribution >= 4 is 38.9 Å². The number of hydrogen-bond donors (Lipinski definition) is 1. The molecule has 1 N–H and O–H groups in total. The molecule has 1 aromatic carbocycles. The van der Waals surface area contributed by atoms with Gasteiger partial charge in [0.25, 0.3) is 15.9 Å². The number of hydrogen-bond acceptors (Lipinski definition) is 5. The Morgan fingerprint density at radius 2 is 1.88 bits per heavy atom. The van der Waals surface area contributed by atoms with Crippen LogP contribution < -0.4 is 5.32 Å². The minimum absolute atomic E-state index is 0.0498. The Kier molecular flexibility index (Phi) is 3.86. The minimum atomic E-state index is -3.66. The highest BCUT2D eigenvalue weighted by atomic mass is 32.2. The highest BCUT2D eigenvalue weighted by molar-refractivity contribution is 7.91. The van der Waals surface area contributed by atoms with Crippen LogP contribution in [-0.2, 0) is 14.8 Å². The van der Waals surface area contributed by atoms with Gasteiger partial charge in [0.05, 0.1) is 11.3 Å². The SMILES string of the molecule is O=C1Nc2ccccc2C(=O)N2CCN(S(=O)(=O)c3cccs3)C[C@@H]12. The van der Waals surface area contributed by atoms with Gasteiger partial charge >= 0.3 is 0 Å². The Hall–Kier alpha value is -2.23. The molecule has 7 nitrogen and oxygen atoms in total. The number of amides is 2. The number of nitrogens with zero attached hydrogens (tertiary/aromatic N) is 2. The molecular weight excluding hydrogens is 362 g/mol. The molecule has 2 amide bonds. The number of carbonyl (C=O) groups is 2. The molecule has 3 heterocycles. The molecule has 2 aliphatic rings. The molecule has 0 aliphatic carbocycles. The molecule has 1 atom stereocenters. The van der Waals surface area contributed by atoms with Crippen molar-refractivity contribution in [2.24, 2.45) is 0 Å². The zero-order valence-electron chi connectivity index (χ0n) is 13.1. The van der Waals surface area contributed by atoms with Crippen LogP contribution in [0.2, 0.25) is 0 Å². The maximum Gasteiger partial charge on any atom is 0.256 e. The lowest BCUT2D eigenvalue weighted by Crippen LogP contribution is -2.59. The normalized spacial score (nSPS) is 21.3. The fourth-order valence-corrected chi connectivity index (χ4v) is 5.71. The van der Waals surface area contributed by atoms with E-state index in [2.05, 4.69) is 5.32 Å². The predicted molar refractivity (Wildman–Crippen MR) is 93.0 cm³/mol. The van der Waals surface area contributed by atoms with Gasteiger partial charge in [-0.3, -0.25) is 9.59 Å². The van der Waals surface area contributed by atoms with Gasteiger partial charge in [0.2, 0.25) is 5.91 Å². The molecule has 0 bridgehead atoms. The molecule has 0 saturated carbocycles. The molecular formula is C16H15N3O4S2. The van der Waals surface area contributed by atoms with E-state index in [0.29, 0.717) is 11.3 Å². The molecule has 0 radical (unpaired) electrons. The second kappa shape index (κ2) is 5.94. The number of piperazine rings is 1. The van der Waals surface area contributed by atoms with Crippen molar-refractivity contribution in [2.45, 2.75) is 10.3 Å². The third kappa shape index (κ3) is 2.64. The second-order valence-corrected chi connectivity index (χ2v) is 8.96. The number of sulfonamides is 1. The summed E-state index contributed by atoms with van der Waals surface area (Å²) in [7, 11) is -3.66. The molecule has 25 heavy (non-hydrogen) atoms. The van der Waals surface area contributed by atoms with Crippen LogP contribution in [0.3, 0.4) is 0 Å². The van der Waals surface area contributed by atoms with Crippen molar-refractivity contribution in [1.82, 2.24) is 9.21 Å². The van der Waals surface area contributed by atoms with E-state index in [9.17, 15) is 18.0 Å². The monoisotopic (exact) mass is 377 g/mol. The summed E-state index contributed by atoms with van der Waals surface area (Å²) in [5.74, 6) is -0.628. The van der Waals surface area contributed by atoms with Gasteiger partial charge in [0, 0.05) is 19.6 Å². The van der Waals surface area contributed by atoms with Crippen LogP contribution in [0.1, 0.15) is 10.4 Å². The van der Waals surface area contributed by atoms with Gasteiger partial charge in [-0.05, 0) is 23.6 Å². The van der Waals surface area contributed by atoms with E-state index >= 15 is 0 Å². The van der Waals surface area contributed by atoms with E-state index < -0.39 is 16.1 Å². The van der Waals surface area contributed by atoms with E-state index in [-0.39, 0.29) is 35.7 Å². The topological polar surface area (TPSA) is 86.8 Å². The summed E-state index contributed by atoms with van der Waals surface area (Å²) in [6, 6.07) is 9.18. The molecule has 9 heteroatoms. The standard InChI is InChI=1S/C16H15N3O4S2/c20-15-13-10-18(25(22,23)14-6-3-9-24-14)7-8-19(13)16(21)11-4-1-2-5-12(11)17-15/h1-6,9,13H,7-8,10H2,(H,17,20)/t13-/m0/s1. The lowest BCUT2D eigenvalue weighted by atomic mass is 10.1. The van der Waals surface area contributed by atoms with E-state index in [1.807, 2.05) is 0 Å². The van der Waals surface area contributed by atoms with E-state index in [1.54, 1.807) is 41.8 Å². The zero-order chi connectivity index (χ0) is 17.6. The lowest BCUT2D eigenvalue weighted by molar-refractivity contribution is -0.121. The number of nitrogens with one attached hydrogen (secondary N) is 1. The van der Waals surface area contributed by atoms with Crippen LogP contribution in [0.15, 0.2) is 46.0 Å². The van der Waals surface area contributed by atoms with Gasteiger partial charge in [-0.2, -0.15) is 4.31 Å². The van der Waals surface area contributed by atoms with E-state index in [4.69, 9.17) is 0 Å². The Morgan fingerprint density at radius 3 is 2.64 bits per heavy atom. The fourth-order valence-electron chi connectivity index (χ4n) is 3.13. The van der Waals surface area contributed by atoms with Crippen molar-refractivity contribution in [1.29, 1.82) is 0 Å². The van der Waals surface area contributed by atoms with Crippen LogP contribution >= 0.6 is 11.3 Å².